The molecular formula is C37H32N2OSi. The molecule has 2 aliphatic rings. The van der Waals surface area contributed by atoms with Crippen molar-refractivity contribution in [1.29, 1.82) is 0 Å². The minimum Gasteiger partial charge on any atom is -0.354 e. The SMILES string of the molecule is CC(C)(C)[Si](c1ccccc1)(c1ccccc1)N1Cc2c(c3c(c4[nH]c5ccccc5c24)Cc2ccccc2-3)C1=O. The first-order valence-corrected chi connectivity index (χ1v) is 16.5. The Bertz CT molecular complexity index is 1960. The van der Waals surface area contributed by atoms with E-state index in [0.29, 0.717) is 6.54 Å². The van der Waals surface area contributed by atoms with Gasteiger partial charge in [0.15, 0.2) is 0 Å². The third kappa shape index (κ3) is 3.17. The van der Waals surface area contributed by atoms with Gasteiger partial charge in [-0.2, -0.15) is 0 Å². The minimum absolute atomic E-state index is 0.173. The van der Waals surface area contributed by atoms with E-state index in [4.69, 9.17) is 0 Å². The molecule has 1 aliphatic heterocycles. The lowest BCUT2D eigenvalue weighted by molar-refractivity contribution is 0.0867. The number of H-pyrrole nitrogens is 1. The maximum Gasteiger partial charge on any atom is 0.247 e. The summed E-state index contributed by atoms with van der Waals surface area (Å²) < 4.78 is 2.32. The van der Waals surface area contributed by atoms with Gasteiger partial charge in [-0.15, -0.1) is 0 Å². The molecule has 41 heavy (non-hydrogen) atoms. The van der Waals surface area contributed by atoms with E-state index in [9.17, 15) is 0 Å². The highest BCUT2D eigenvalue weighted by Crippen LogP contribution is 2.51. The number of amides is 1. The molecule has 0 saturated carbocycles. The second kappa shape index (κ2) is 8.54. The molecular weight excluding hydrogens is 517 g/mol. The predicted molar refractivity (Wildman–Crippen MR) is 172 cm³/mol. The number of carbonyl (C=O) groups is 1. The summed E-state index contributed by atoms with van der Waals surface area (Å²) in [5, 5.41) is 4.79. The maximum atomic E-state index is 15.3. The van der Waals surface area contributed by atoms with Crippen LogP contribution in [0.15, 0.2) is 109 Å². The average Bonchev–Trinajstić information content (AvgIpc) is 3.66. The van der Waals surface area contributed by atoms with E-state index in [-0.39, 0.29) is 10.9 Å². The highest BCUT2D eigenvalue weighted by atomic mass is 28.3. The highest BCUT2D eigenvalue weighted by molar-refractivity contribution is 7.03. The maximum absolute atomic E-state index is 15.3. The minimum atomic E-state index is -2.86. The van der Waals surface area contributed by atoms with E-state index in [0.717, 1.165) is 23.1 Å². The lowest BCUT2D eigenvalue weighted by Crippen LogP contribution is -2.74. The van der Waals surface area contributed by atoms with Crippen molar-refractivity contribution in [3.05, 3.63) is 131 Å². The zero-order valence-corrected chi connectivity index (χ0v) is 24.7. The molecule has 200 valence electrons. The fourth-order valence-corrected chi connectivity index (χ4v) is 13.6. The van der Waals surface area contributed by atoms with Crippen LogP contribution in [-0.2, 0) is 13.0 Å². The van der Waals surface area contributed by atoms with Crippen LogP contribution in [0.5, 0.6) is 0 Å². The quantitative estimate of drug-likeness (QED) is 0.229. The summed E-state index contributed by atoms with van der Waals surface area (Å²) in [6, 6.07) is 38.9. The van der Waals surface area contributed by atoms with Gasteiger partial charge in [-0.1, -0.05) is 124 Å². The fraction of sp³-hybridized carbons (Fsp3) is 0.162. The Labute approximate surface area is 241 Å². The second-order valence-electron chi connectivity index (χ2n) is 12.5. The van der Waals surface area contributed by atoms with Crippen LogP contribution in [0.4, 0.5) is 0 Å². The Morgan fingerprint density at radius 2 is 1.32 bits per heavy atom. The number of hydrogen-bond donors (Lipinski definition) is 1. The number of fused-ring (bicyclic) bond motifs is 10. The molecule has 3 nitrogen and oxygen atoms in total. The molecule has 0 radical (unpaired) electrons. The predicted octanol–water partition coefficient (Wildman–Crippen LogP) is 7.41. The smallest absolute Gasteiger partial charge is 0.247 e. The van der Waals surface area contributed by atoms with Gasteiger partial charge in [0.2, 0.25) is 14.1 Å². The first-order chi connectivity index (χ1) is 19.9. The van der Waals surface area contributed by atoms with E-state index in [1.54, 1.807) is 0 Å². The number of benzene rings is 5. The molecule has 4 heteroatoms. The first-order valence-electron chi connectivity index (χ1n) is 14.5. The van der Waals surface area contributed by atoms with Crippen LogP contribution in [0, 0.1) is 0 Å². The van der Waals surface area contributed by atoms with Crippen molar-refractivity contribution in [2.75, 3.05) is 0 Å². The molecule has 0 spiro atoms. The van der Waals surface area contributed by atoms with Gasteiger partial charge in [0, 0.05) is 34.8 Å². The van der Waals surface area contributed by atoms with Gasteiger partial charge in [0.25, 0.3) is 0 Å². The van der Waals surface area contributed by atoms with E-state index in [1.807, 2.05) is 0 Å². The van der Waals surface area contributed by atoms with Gasteiger partial charge >= 0.3 is 0 Å². The zero-order chi connectivity index (χ0) is 27.9. The largest absolute Gasteiger partial charge is 0.354 e. The summed E-state index contributed by atoms with van der Waals surface area (Å²) in [6.07, 6.45) is 0.842. The molecule has 0 fully saturated rings. The van der Waals surface area contributed by atoms with Crippen molar-refractivity contribution < 1.29 is 4.79 Å². The summed E-state index contributed by atoms with van der Waals surface area (Å²) in [4.78, 5) is 19.0. The van der Waals surface area contributed by atoms with Gasteiger partial charge in [-0.3, -0.25) is 4.79 Å². The van der Waals surface area contributed by atoms with Crippen molar-refractivity contribution >= 4 is 46.3 Å². The van der Waals surface area contributed by atoms with Crippen molar-refractivity contribution in [1.82, 2.24) is 9.55 Å². The topological polar surface area (TPSA) is 36.1 Å². The number of aromatic nitrogens is 1. The third-order valence-electron chi connectivity index (χ3n) is 9.47. The van der Waals surface area contributed by atoms with Crippen molar-refractivity contribution in [3.63, 3.8) is 0 Å². The number of carbonyl (C=O) groups excluding carboxylic acids is 1. The van der Waals surface area contributed by atoms with Gasteiger partial charge in [0.1, 0.15) is 0 Å². The third-order valence-corrected chi connectivity index (χ3v) is 15.1. The van der Waals surface area contributed by atoms with Crippen LogP contribution in [0.2, 0.25) is 5.04 Å². The summed E-state index contributed by atoms with van der Waals surface area (Å²) in [5.74, 6) is 0.175. The summed E-state index contributed by atoms with van der Waals surface area (Å²) in [6.45, 7) is 7.60. The van der Waals surface area contributed by atoms with E-state index >= 15 is 4.79 Å². The molecule has 2 heterocycles. The number of aromatic amines is 1. The Morgan fingerprint density at radius 1 is 0.707 bits per heavy atom. The van der Waals surface area contributed by atoms with Crippen LogP contribution in [0.25, 0.3) is 32.9 Å². The average molecular weight is 549 g/mol. The van der Waals surface area contributed by atoms with Crippen LogP contribution < -0.4 is 10.4 Å². The number of hydrogen-bond acceptors (Lipinski definition) is 1. The van der Waals surface area contributed by atoms with Crippen LogP contribution in [0.3, 0.4) is 0 Å². The molecule has 1 N–H and O–H groups in total. The number of nitrogens with one attached hydrogen (secondary N) is 1. The van der Waals surface area contributed by atoms with Crippen molar-refractivity contribution in [2.45, 2.75) is 38.8 Å². The van der Waals surface area contributed by atoms with Crippen LogP contribution in [-0.4, -0.2) is 23.7 Å². The second-order valence-corrected chi connectivity index (χ2v) is 17.2. The Hall–Kier alpha value is -4.41. The van der Waals surface area contributed by atoms with E-state index in [1.165, 1.54) is 48.9 Å². The molecule has 8 rings (SSSR count). The van der Waals surface area contributed by atoms with Gasteiger partial charge < -0.3 is 9.55 Å². The van der Waals surface area contributed by atoms with Gasteiger partial charge in [0.05, 0.1) is 11.1 Å². The molecule has 1 aromatic heterocycles. The van der Waals surface area contributed by atoms with Crippen molar-refractivity contribution in [3.8, 4) is 11.1 Å². The molecule has 0 atom stereocenters. The Balaban J connectivity index is 1.49. The summed E-state index contributed by atoms with van der Waals surface area (Å²) in [5.41, 5.74) is 9.30. The molecule has 5 aromatic carbocycles. The Kier molecular flexibility index (Phi) is 5.08. The Morgan fingerprint density at radius 3 is 2.00 bits per heavy atom. The highest BCUT2D eigenvalue weighted by Gasteiger charge is 2.57. The van der Waals surface area contributed by atoms with Crippen LogP contribution in [0.1, 0.15) is 47.8 Å². The molecule has 1 aliphatic carbocycles. The first kappa shape index (κ1) is 24.4. The van der Waals surface area contributed by atoms with Gasteiger partial charge in [-0.25, -0.2) is 0 Å². The lowest BCUT2D eigenvalue weighted by Gasteiger charge is -2.49. The molecule has 0 bridgehead atoms. The summed E-state index contributed by atoms with van der Waals surface area (Å²) >= 11 is 0. The van der Waals surface area contributed by atoms with E-state index in [2.05, 4.69) is 140 Å². The monoisotopic (exact) mass is 548 g/mol. The molecule has 0 unspecified atom stereocenters. The number of para-hydroxylation sites is 1. The fourth-order valence-electron chi connectivity index (χ4n) is 7.95. The standard InChI is InChI=1S/C37H32N2OSi/c1-37(2,3)41(25-15-6-4-7-16-25,26-17-8-5-9-18-26)39-23-30-33-28-20-12-13-21-31(28)38-35(33)29-22-24-14-10-11-19-27(24)32(29)34(30)36(39)40/h4-21,38H,22-23H2,1-3H3. The van der Waals surface area contributed by atoms with Crippen molar-refractivity contribution in [2.24, 2.45) is 0 Å². The van der Waals surface area contributed by atoms with Crippen LogP contribution >= 0.6 is 0 Å². The van der Waals surface area contributed by atoms with E-state index < -0.39 is 8.24 Å². The van der Waals surface area contributed by atoms with Gasteiger partial charge in [-0.05, 0) is 43.7 Å². The molecule has 0 saturated heterocycles. The number of nitrogens with zero attached hydrogens (tertiary/aromatic N) is 1. The number of rotatable bonds is 3. The zero-order valence-electron chi connectivity index (χ0n) is 23.7. The lowest BCUT2D eigenvalue weighted by atomic mass is 9.92. The summed E-state index contributed by atoms with van der Waals surface area (Å²) in [7, 11) is -2.86. The normalized spacial score (nSPS) is 14.5. The molecule has 1 amide bonds. The molecule has 6 aromatic rings.